The second-order valence-corrected chi connectivity index (χ2v) is 7.55. The molecule has 0 aliphatic heterocycles. The maximum absolute atomic E-state index is 13.0. The Hall–Kier alpha value is -3.32. The van der Waals surface area contributed by atoms with Gasteiger partial charge in [-0.25, -0.2) is 8.42 Å². The van der Waals surface area contributed by atoms with Crippen molar-refractivity contribution in [2.45, 2.75) is 4.90 Å². The van der Waals surface area contributed by atoms with E-state index in [2.05, 4.69) is 9.71 Å². The summed E-state index contributed by atoms with van der Waals surface area (Å²) in [6.07, 6.45) is 4.58. The molecule has 0 saturated heterocycles. The number of hydrogen-bond donors (Lipinski definition) is 1. The normalized spacial score (nSPS) is 11.4. The Bertz CT molecular complexity index is 1200. The lowest BCUT2D eigenvalue weighted by molar-refractivity contribution is 0.403. The number of fused-ring (bicyclic) bond motifs is 1. The van der Waals surface area contributed by atoms with Crippen LogP contribution in [0.4, 0.5) is 5.69 Å². The number of sulfonamides is 1. The van der Waals surface area contributed by atoms with Gasteiger partial charge in [0, 0.05) is 10.9 Å². The molecule has 136 valence electrons. The van der Waals surface area contributed by atoms with Gasteiger partial charge in [-0.3, -0.25) is 9.71 Å². The zero-order valence-corrected chi connectivity index (χ0v) is 15.2. The van der Waals surface area contributed by atoms with Gasteiger partial charge in [-0.2, -0.15) is 0 Å². The second-order valence-electron chi connectivity index (χ2n) is 5.90. The van der Waals surface area contributed by atoms with Gasteiger partial charge in [-0.1, -0.05) is 24.3 Å². The Balaban J connectivity index is 1.74. The van der Waals surface area contributed by atoms with Gasteiger partial charge < -0.3 is 9.15 Å². The van der Waals surface area contributed by atoms with Gasteiger partial charge in [-0.15, -0.1) is 0 Å². The van der Waals surface area contributed by atoms with E-state index in [0.717, 1.165) is 16.5 Å². The molecular formula is C20H16N2O4S. The van der Waals surface area contributed by atoms with Crippen LogP contribution in [0.2, 0.25) is 0 Å². The van der Waals surface area contributed by atoms with Crippen LogP contribution in [0.1, 0.15) is 0 Å². The maximum atomic E-state index is 13.0. The van der Waals surface area contributed by atoms with Gasteiger partial charge in [0.05, 0.1) is 37.0 Å². The van der Waals surface area contributed by atoms with Crippen molar-refractivity contribution in [3.63, 3.8) is 0 Å². The molecule has 0 bridgehead atoms. The fraction of sp³-hybridized carbons (Fsp3) is 0.0500. The molecule has 0 saturated carbocycles. The first-order valence-corrected chi connectivity index (χ1v) is 9.63. The summed E-state index contributed by atoms with van der Waals surface area (Å²) in [5.41, 5.74) is 2.66. The van der Waals surface area contributed by atoms with E-state index in [-0.39, 0.29) is 10.6 Å². The number of furan rings is 1. The average Bonchev–Trinajstić information content (AvgIpc) is 3.22. The van der Waals surface area contributed by atoms with E-state index in [1.165, 1.54) is 19.6 Å². The number of aromatic nitrogens is 1. The molecule has 6 nitrogen and oxygen atoms in total. The standard InChI is InChI=1S/C20H16N2O4S/c1-25-19-7-6-14(16-8-9-26-13-16)11-20(19)27(23,24)22-17-10-15-4-2-3-5-18(15)21-12-17/h2-13,22H,1H3. The molecule has 2 aromatic heterocycles. The molecule has 0 spiro atoms. The summed E-state index contributed by atoms with van der Waals surface area (Å²) < 4.78 is 38.9. The molecular weight excluding hydrogens is 364 g/mol. The Morgan fingerprint density at radius 1 is 1.04 bits per heavy atom. The Morgan fingerprint density at radius 2 is 1.89 bits per heavy atom. The first kappa shape index (κ1) is 17.1. The number of hydrogen-bond acceptors (Lipinski definition) is 5. The number of benzene rings is 2. The van der Waals surface area contributed by atoms with Crippen molar-refractivity contribution in [3.8, 4) is 16.9 Å². The lowest BCUT2D eigenvalue weighted by atomic mass is 10.1. The summed E-state index contributed by atoms with van der Waals surface area (Å²) in [6, 6.07) is 16.0. The van der Waals surface area contributed by atoms with Crippen molar-refractivity contribution in [2.75, 3.05) is 11.8 Å². The third kappa shape index (κ3) is 3.37. The quantitative estimate of drug-likeness (QED) is 0.558. The Morgan fingerprint density at radius 3 is 2.67 bits per heavy atom. The predicted molar refractivity (Wildman–Crippen MR) is 103 cm³/mol. The highest BCUT2D eigenvalue weighted by Crippen LogP contribution is 2.31. The lowest BCUT2D eigenvalue weighted by Gasteiger charge is -2.13. The fourth-order valence-electron chi connectivity index (χ4n) is 2.83. The van der Waals surface area contributed by atoms with E-state index in [1.807, 2.05) is 24.3 Å². The molecule has 0 atom stereocenters. The van der Waals surface area contributed by atoms with Crippen LogP contribution in [0.25, 0.3) is 22.0 Å². The number of anilines is 1. The first-order valence-electron chi connectivity index (χ1n) is 8.15. The molecule has 27 heavy (non-hydrogen) atoms. The first-order chi connectivity index (χ1) is 13.1. The highest BCUT2D eigenvalue weighted by Gasteiger charge is 2.21. The zero-order valence-electron chi connectivity index (χ0n) is 14.4. The highest BCUT2D eigenvalue weighted by molar-refractivity contribution is 7.92. The summed E-state index contributed by atoms with van der Waals surface area (Å²) in [5.74, 6) is 0.253. The molecule has 2 heterocycles. The van der Waals surface area contributed by atoms with Crippen LogP contribution in [0.3, 0.4) is 0 Å². The van der Waals surface area contributed by atoms with Gasteiger partial charge in [0.2, 0.25) is 0 Å². The minimum Gasteiger partial charge on any atom is -0.495 e. The third-order valence-corrected chi connectivity index (χ3v) is 5.55. The van der Waals surface area contributed by atoms with Gasteiger partial charge in [0.15, 0.2) is 0 Å². The summed E-state index contributed by atoms with van der Waals surface area (Å²) in [7, 11) is -2.45. The van der Waals surface area contributed by atoms with Crippen molar-refractivity contribution < 1.29 is 17.6 Å². The number of ether oxygens (including phenoxy) is 1. The number of para-hydroxylation sites is 1. The molecule has 4 aromatic rings. The number of rotatable bonds is 5. The molecule has 0 aliphatic rings. The maximum Gasteiger partial charge on any atom is 0.265 e. The van der Waals surface area contributed by atoms with E-state index in [9.17, 15) is 8.42 Å². The molecule has 0 radical (unpaired) electrons. The Kier molecular flexibility index (Phi) is 4.29. The van der Waals surface area contributed by atoms with Gasteiger partial charge in [0.1, 0.15) is 10.6 Å². The van der Waals surface area contributed by atoms with E-state index in [0.29, 0.717) is 11.3 Å². The van der Waals surface area contributed by atoms with E-state index in [4.69, 9.17) is 9.15 Å². The van der Waals surface area contributed by atoms with Crippen LogP contribution in [0, 0.1) is 0 Å². The van der Waals surface area contributed by atoms with Crippen molar-refractivity contribution in [1.82, 2.24) is 4.98 Å². The number of methoxy groups -OCH3 is 1. The van der Waals surface area contributed by atoms with Crippen LogP contribution < -0.4 is 9.46 Å². The minimum atomic E-state index is -3.88. The highest BCUT2D eigenvalue weighted by atomic mass is 32.2. The summed E-state index contributed by atoms with van der Waals surface area (Å²) in [6.45, 7) is 0. The fourth-order valence-corrected chi connectivity index (χ4v) is 4.06. The number of nitrogens with one attached hydrogen (secondary N) is 1. The minimum absolute atomic E-state index is 0.0388. The van der Waals surface area contributed by atoms with Crippen LogP contribution in [0.5, 0.6) is 5.75 Å². The second kappa shape index (κ2) is 6.77. The predicted octanol–water partition coefficient (Wildman–Crippen LogP) is 4.30. The van der Waals surface area contributed by atoms with Crippen LogP contribution in [0.15, 0.2) is 82.6 Å². The molecule has 4 rings (SSSR count). The molecule has 1 N–H and O–H groups in total. The van der Waals surface area contributed by atoms with Crippen LogP contribution >= 0.6 is 0 Å². The van der Waals surface area contributed by atoms with Crippen LogP contribution in [-0.4, -0.2) is 20.5 Å². The largest absolute Gasteiger partial charge is 0.495 e. The lowest BCUT2D eigenvalue weighted by Crippen LogP contribution is -2.14. The summed E-state index contributed by atoms with van der Waals surface area (Å²) in [5, 5.41) is 0.844. The third-order valence-electron chi connectivity index (χ3n) is 4.15. The molecule has 0 aliphatic carbocycles. The van der Waals surface area contributed by atoms with Crippen molar-refractivity contribution in [2.24, 2.45) is 0 Å². The summed E-state index contributed by atoms with van der Waals surface area (Å²) >= 11 is 0. The van der Waals surface area contributed by atoms with Gasteiger partial charge >= 0.3 is 0 Å². The monoisotopic (exact) mass is 380 g/mol. The van der Waals surface area contributed by atoms with E-state index < -0.39 is 10.0 Å². The molecule has 0 fully saturated rings. The SMILES string of the molecule is COc1ccc(-c2ccoc2)cc1S(=O)(=O)Nc1cnc2ccccc2c1. The van der Waals surface area contributed by atoms with Crippen molar-refractivity contribution in [3.05, 3.63) is 73.3 Å². The average molecular weight is 380 g/mol. The number of pyridine rings is 1. The molecule has 7 heteroatoms. The van der Waals surface area contributed by atoms with Crippen molar-refractivity contribution >= 4 is 26.6 Å². The topological polar surface area (TPSA) is 81.4 Å². The molecule has 0 amide bonds. The molecule has 0 unspecified atom stereocenters. The van der Waals surface area contributed by atoms with Crippen molar-refractivity contribution in [1.29, 1.82) is 0 Å². The van der Waals surface area contributed by atoms with Crippen LogP contribution in [-0.2, 0) is 10.0 Å². The summed E-state index contributed by atoms with van der Waals surface area (Å²) in [4.78, 5) is 4.33. The number of nitrogens with zero attached hydrogens (tertiary/aromatic N) is 1. The zero-order chi connectivity index (χ0) is 18.9. The molecule has 2 aromatic carbocycles. The van der Waals surface area contributed by atoms with Gasteiger partial charge in [-0.05, 0) is 35.9 Å². The Labute approximate surface area is 156 Å². The smallest absolute Gasteiger partial charge is 0.265 e. The van der Waals surface area contributed by atoms with E-state index in [1.54, 1.807) is 36.6 Å². The van der Waals surface area contributed by atoms with E-state index >= 15 is 0 Å². The van der Waals surface area contributed by atoms with Gasteiger partial charge in [0.25, 0.3) is 10.0 Å².